The van der Waals surface area contributed by atoms with Crippen molar-refractivity contribution in [2.45, 2.75) is 245 Å². The SMILES string of the molecule is C=C(CP(=O)(O)O)C(C#N)(CC)CC.CC=C(CP(=O)(O)O)C(C#N)(CC)CC.CCC1(CC#N)CCC1(CC)CP(=O)(O)O.CCC1(CC#N)CCCC1(CC)CP(=O)(O)O.CCC1(CC)CC1(CP(=O)(O)O)C(C)C#N.CCC1(CC)CCC1(CC#N)CP(=O)(O)O. The third-order valence-electron chi connectivity index (χ3n) is 23.4. The molecule has 30 heteroatoms. The third-order valence-corrected chi connectivity index (χ3v) is 29.0. The van der Waals surface area contributed by atoms with E-state index in [9.17, 15) is 47.0 Å². The van der Waals surface area contributed by atoms with Crippen LogP contribution in [-0.2, 0) is 27.4 Å². The maximum atomic E-state index is 11.4. The highest BCUT2D eigenvalue weighted by Crippen LogP contribution is 2.75. The van der Waals surface area contributed by atoms with Crippen LogP contribution in [-0.4, -0.2) is 95.7 Å². The first-order valence-corrected chi connectivity index (χ1v) is 43.7. The number of allylic oxidation sites excluding steroid dienone is 3. The molecule has 4 fully saturated rings. The van der Waals surface area contributed by atoms with E-state index in [1.165, 1.54) is 0 Å². The Kier molecular flexibility index (Phi) is 37.4. The molecule has 24 nitrogen and oxygen atoms in total. The lowest BCUT2D eigenvalue weighted by molar-refractivity contribution is -0.0695. The van der Waals surface area contributed by atoms with E-state index < -0.39 is 73.4 Å². The molecule has 7 unspecified atom stereocenters. The van der Waals surface area contributed by atoms with E-state index in [-0.39, 0.29) is 75.6 Å². The summed E-state index contributed by atoms with van der Waals surface area (Å²) in [5, 5.41) is 53.9. The standard InChI is InChI=1S/C12H22NO3P.3C11H20NO3P.C10H18NO3P.C9H16NO3P/c1-3-11(8-9-13)6-5-7-12(11,4-2)10-17(14,15)16;1-4-10(5-2)7-11(10,9(3)6-12)8-16(13,14)15;1-3-10(7-8-12)5-6-11(10,4-2)9-16(13,14)15;1-3-10(4-2)5-6-11(10,7-8-12)9-16(13,14)15;1-4-9(7-15(12,13)14)10(5-2,6-3)8-11;1-4-9(5-2,7-10)8(3)6-14(11,12)13/h3-8,10H2,1-2H3,(H2,14,15,16);9H,4-5,7-8H2,1-3H3,(H2,13,14,15);2*3-7,9H2,1-2H3,(H2,13,14,15);4H,5-7H2,1-3H3,(H2,12,13,14);3-6H2,1-2H3,(H2,11,12,13). The molecule has 4 aliphatic carbocycles. The summed E-state index contributed by atoms with van der Waals surface area (Å²) in [4.78, 5) is 109. The first-order valence-electron chi connectivity index (χ1n) is 32.9. The first-order chi connectivity index (χ1) is 43.0. The number of hydrogen-bond donors (Lipinski definition) is 12. The van der Waals surface area contributed by atoms with Crippen LogP contribution in [0.5, 0.6) is 0 Å². The Labute approximate surface area is 562 Å². The second-order valence-electron chi connectivity index (χ2n) is 27.0. The minimum Gasteiger partial charge on any atom is -0.324 e. The van der Waals surface area contributed by atoms with Crippen LogP contribution in [0.4, 0.5) is 0 Å². The summed E-state index contributed by atoms with van der Waals surface area (Å²) >= 11 is 0. The van der Waals surface area contributed by atoms with Gasteiger partial charge < -0.3 is 58.7 Å². The molecule has 7 atom stereocenters. The number of rotatable bonds is 30. The van der Waals surface area contributed by atoms with Gasteiger partial charge in [-0.25, -0.2) is 0 Å². The van der Waals surface area contributed by atoms with Crippen molar-refractivity contribution >= 4 is 45.6 Å². The molecule has 12 N–H and O–H groups in total. The lowest BCUT2D eigenvalue weighted by Crippen LogP contribution is -2.52. The molecule has 540 valence electrons. The molecular weight excluding hydrogens is 1330 g/mol. The fourth-order valence-corrected chi connectivity index (χ4v) is 24.1. The molecule has 0 saturated heterocycles. The van der Waals surface area contributed by atoms with Gasteiger partial charge in [0, 0.05) is 30.1 Å². The van der Waals surface area contributed by atoms with Crippen LogP contribution in [0.15, 0.2) is 23.8 Å². The van der Waals surface area contributed by atoms with Gasteiger partial charge in [0.15, 0.2) is 0 Å². The first kappa shape index (κ1) is 93.4. The predicted octanol–water partition coefficient (Wildman–Crippen LogP) is 15.4. The summed E-state index contributed by atoms with van der Waals surface area (Å²) in [5.74, 6) is -0.292. The van der Waals surface area contributed by atoms with E-state index >= 15 is 0 Å². The van der Waals surface area contributed by atoms with Crippen LogP contribution in [0.2, 0.25) is 0 Å². The van der Waals surface area contributed by atoms with Crippen LogP contribution in [0.1, 0.15) is 245 Å². The highest BCUT2D eigenvalue weighted by Gasteiger charge is 2.69. The fourth-order valence-electron chi connectivity index (χ4n) is 16.5. The van der Waals surface area contributed by atoms with E-state index in [1.54, 1.807) is 19.9 Å². The Morgan fingerprint density at radius 3 is 0.968 bits per heavy atom. The van der Waals surface area contributed by atoms with Crippen molar-refractivity contribution in [1.29, 1.82) is 31.6 Å². The van der Waals surface area contributed by atoms with Crippen LogP contribution in [0.3, 0.4) is 0 Å². The van der Waals surface area contributed by atoms with Gasteiger partial charge in [0.2, 0.25) is 0 Å². The fraction of sp³-hybridized carbons (Fsp3) is 0.844. The number of hydrogen-bond acceptors (Lipinski definition) is 12. The second kappa shape index (κ2) is 37.7. The van der Waals surface area contributed by atoms with E-state index in [1.807, 2.05) is 69.2 Å². The summed E-state index contributed by atoms with van der Waals surface area (Å²) in [7, 11) is -24.3. The van der Waals surface area contributed by atoms with E-state index in [2.05, 4.69) is 56.8 Å². The Bertz CT molecular complexity index is 3020. The molecule has 0 heterocycles. The van der Waals surface area contributed by atoms with Gasteiger partial charge >= 0.3 is 45.6 Å². The van der Waals surface area contributed by atoms with Gasteiger partial charge in [-0.2, -0.15) is 31.6 Å². The molecule has 0 bridgehead atoms. The van der Waals surface area contributed by atoms with E-state index in [4.69, 9.17) is 70.7 Å². The predicted molar refractivity (Wildman–Crippen MR) is 366 cm³/mol. The van der Waals surface area contributed by atoms with Crippen LogP contribution in [0.25, 0.3) is 0 Å². The molecule has 0 spiro atoms. The van der Waals surface area contributed by atoms with Gasteiger partial charge in [0.05, 0.1) is 90.1 Å². The zero-order valence-electron chi connectivity index (χ0n) is 58.6. The summed E-state index contributed by atoms with van der Waals surface area (Å²) < 4.78 is 66.7. The maximum absolute atomic E-state index is 11.4. The van der Waals surface area contributed by atoms with Gasteiger partial charge in [-0.05, 0) is 179 Å². The second-order valence-corrected chi connectivity index (χ2v) is 36.9. The van der Waals surface area contributed by atoms with Gasteiger partial charge in [-0.3, -0.25) is 27.4 Å². The van der Waals surface area contributed by atoms with Crippen molar-refractivity contribution in [3.8, 4) is 36.4 Å². The highest BCUT2D eigenvalue weighted by atomic mass is 31.2. The molecule has 0 aromatic carbocycles. The molecule has 0 aromatic rings. The van der Waals surface area contributed by atoms with Crippen molar-refractivity contribution in [2.24, 2.45) is 60.1 Å². The lowest BCUT2D eigenvalue weighted by atomic mass is 9.47. The van der Waals surface area contributed by atoms with Gasteiger partial charge in [0.1, 0.15) is 0 Å². The topological polar surface area (TPSA) is 488 Å². The minimum atomic E-state index is -4.11. The smallest absolute Gasteiger partial charge is 0.324 e. The Hall–Kier alpha value is -2.68. The largest absolute Gasteiger partial charge is 0.329 e. The van der Waals surface area contributed by atoms with Gasteiger partial charge in [-0.15, -0.1) is 0 Å². The minimum absolute atomic E-state index is 0.0378. The Morgan fingerprint density at radius 2 is 0.723 bits per heavy atom. The zero-order chi connectivity index (χ0) is 74.2. The van der Waals surface area contributed by atoms with Crippen molar-refractivity contribution in [3.05, 3.63) is 23.8 Å². The monoisotopic (exact) mass is 1440 g/mol. The van der Waals surface area contributed by atoms with Crippen molar-refractivity contribution in [1.82, 2.24) is 0 Å². The van der Waals surface area contributed by atoms with Crippen molar-refractivity contribution in [2.75, 3.05) is 37.0 Å². The van der Waals surface area contributed by atoms with Crippen molar-refractivity contribution < 1.29 is 86.1 Å². The number of nitrogens with zero attached hydrogens (tertiary/aromatic N) is 6. The zero-order valence-corrected chi connectivity index (χ0v) is 63.9. The summed E-state index contributed by atoms with van der Waals surface area (Å²) in [6.45, 7) is 30.6. The Morgan fingerprint density at radius 1 is 0.426 bits per heavy atom. The van der Waals surface area contributed by atoms with Crippen LogP contribution >= 0.6 is 45.6 Å². The van der Waals surface area contributed by atoms with Gasteiger partial charge in [0.25, 0.3) is 0 Å². The molecule has 4 saturated carbocycles. The molecule has 0 amide bonds. The van der Waals surface area contributed by atoms with Crippen LogP contribution < -0.4 is 0 Å². The molecule has 0 aromatic heterocycles. The van der Waals surface area contributed by atoms with Crippen molar-refractivity contribution in [3.63, 3.8) is 0 Å². The Balaban J connectivity index is 0. The normalized spacial score (nSPS) is 25.7. The molecule has 0 radical (unpaired) electrons. The average Bonchev–Trinajstić information content (AvgIpc) is 1.45. The lowest BCUT2D eigenvalue weighted by Gasteiger charge is -2.59. The molecule has 0 aliphatic heterocycles. The average molecular weight is 1440 g/mol. The maximum Gasteiger partial charge on any atom is 0.329 e. The van der Waals surface area contributed by atoms with E-state index in [0.717, 1.165) is 103 Å². The molecule has 4 rings (SSSR count). The quantitative estimate of drug-likeness (QED) is 0.0235. The highest BCUT2D eigenvalue weighted by molar-refractivity contribution is 7.53. The summed E-state index contributed by atoms with van der Waals surface area (Å²) in [6.07, 6.45) is 17.5. The number of nitriles is 6. The summed E-state index contributed by atoms with van der Waals surface area (Å²) in [5.41, 5.74) is -2.68. The third kappa shape index (κ3) is 24.3. The molecule has 4 aliphatic rings. The summed E-state index contributed by atoms with van der Waals surface area (Å²) in [6, 6.07) is 13.0. The molecular formula is C64H116N6O18P6. The van der Waals surface area contributed by atoms with Crippen LogP contribution in [0, 0.1) is 128 Å². The molecule has 94 heavy (non-hydrogen) atoms. The van der Waals surface area contributed by atoms with E-state index in [0.29, 0.717) is 49.7 Å². The van der Waals surface area contributed by atoms with Gasteiger partial charge in [-0.1, -0.05) is 102 Å².